The minimum Gasteiger partial charge on any atom is -0.326 e. The third kappa shape index (κ3) is 6.19. The lowest BCUT2D eigenvalue weighted by atomic mass is 9.97. The van der Waals surface area contributed by atoms with E-state index in [4.69, 9.17) is 11.6 Å². The summed E-state index contributed by atoms with van der Waals surface area (Å²) in [6, 6.07) is 4.86. The molecule has 27 heavy (non-hydrogen) atoms. The Bertz CT molecular complexity index is 790. The van der Waals surface area contributed by atoms with Crippen molar-refractivity contribution in [2.45, 2.75) is 39.5 Å². The molecule has 1 aromatic rings. The van der Waals surface area contributed by atoms with Crippen molar-refractivity contribution < 1.29 is 18.0 Å². The number of nitrogens with zero attached hydrogens (tertiary/aromatic N) is 1. The Labute approximate surface area is 165 Å². The largest absolute Gasteiger partial charge is 0.326 e. The SMILES string of the molecule is CCCCS(=O)(=O)N1CCC(C(=O)Nc2ccc(NC(C)=O)cc2Cl)CC1. The Kier molecular flexibility index (Phi) is 7.64. The van der Waals surface area contributed by atoms with Gasteiger partial charge in [0.05, 0.1) is 16.5 Å². The maximum absolute atomic E-state index is 12.5. The maximum Gasteiger partial charge on any atom is 0.227 e. The van der Waals surface area contributed by atoms with Gasteiger partial charge in [-0.1, -0.05) is 24.9 Å². The van der Waals surface area contributed by atoms with Crippen LogP contribution in [0, 0.1) is 5.92 Å². The van der Waals surface area contributed by atoms with Crippen LogP contribution in [0.5, 0.6) is 0 Å². The minimum atomic E-state index is -3.23. The summed E-state index contributed by atoms with van der Waals surface area (Å²) >= 11 is 6.17. The van der Waals surface area contributed by atoms with E-state index in [9.17, 15) is 18.0 Å². The molecule has 0 radical (unpaired) electrons. The summed E-state index contributed by atoms with van der Waals surface area (Å²) in [6.45, 7) is 4.08. The highest BCUT2D eigenvalue weighted by atomic mass is 35.5. The van der Waals surface area contributed by atoms with E-state index in [1.54, 1.807) is 18.2 Å². The predicted molar refractivity (Wildman–Crippen MR) is 107 cm³/mol. The smallest absolute Gasteiger partial charge is 0.227 e. The maximum atomic E-state index is 12.5. The lowest BCUT2D eigenvalue weighted by Crippen LogP contribution is -2.42. The van der Waals surface area contributed by atoms with E-state index in [1.807, 2.05) is 6.92 Å². The van der Waals surface area contributed by atoms with E-state index in [0.29, 0.717) is 48.7 Å². The number of carbonyl (C=O) groups is 2. The molecule has 150 valence electrons. The number of amides is 2. The van der Waals surface area contributed by atoms with Crippen LogP contribution in [-0.2, 0) is 19.6 Å². The average Bonchev–Trinajstić information content (AvgIpc) is 2.62. The number of hydrogen-bond acceptors (Lipinski definition) is 4. The number of carbonyl (C=O) groups excluding carboxylic acids is 2. The number of hydrogen-bond donors (Lipinski definition) is 2. The highest BCUT2D eigenvalue weighted by Gasteiger charge is 2.30. The second kappa shape index (κ2) is 9.52. The molecule has 0 unspecified atom stereocenters. The lowest BCUT2D eigenvalue weighted by molar-refractivity contribution is -0.121. The Balaban J connectivity index is 1.92. The van der Waals surface area contributed by atoms with Crippen molar-refractivity contribution in [2.24, 2.45) is 5.92 Å². The van der Waals surface area contributed by atoms with Gasteiger partial charge in [0.25, 0.3) is 0 Å². The van der Waals surface area contributed by atoms with E-state index >= 15 is 0 Å². The van der Waals surface area contributed by atoms with Crippen molar-refractivity contribution in [1.82, 2.24) is 4.31 Å². The van der Waals surface area contributed by atoms with E-state index in [0.717, 1.165) is 6.42 Å². The van der Waals surface area contributed by atoms with Crippen molar-refractivity contribution in [3.63, 3.8) is 0 Å². The van der Waals surface area contributed by atoms with Crippen LogP contribution in [0.4, 0.5) is 11.4 Å². The predicted octanol–water partition coefficient (Wildman–Crippen LogP) is 3.08. The van der Waals surface area contributed by atoms with Crippen molar-refractivity contribution in [3.8, 4) is 0 Å². The number of rotatable bonds is 7. The standard InChI is InChI=1S/C18H26ClN3O4S/c1-3-4-11-27(25,26)22-9-7-14(8-10-22)18(24)21-17-6-5-15(12-16(17)19)20-13(2)23/h5-6,12,14H,3-4,7-11H2,1-2H3,(H,20,23)(H,21,24). The molecule has 0 spiro atoms. The minimum absolute atomic E-state index is 0.163. The Morgan fingerprint density at radius 3 is 2.44 bits per heavy atom. The van der Waals surface area contributed by atoms with Crippen LogP contribution < -0.4 is 10.6 Å². The van der Waals surface area contributed by atoms with Crippen molar-refractivity contribution >= 4 is 44.8 Å². The van der Waals surface area contributed by atoms with Crippen LogP contribution in [-0.4, -0.2) is 43.4 Å². The number of unbranched alkanes of at least 4 members (excludes halogenated alkanes) is 1. The molecule has 1 fully saturated rings. The molecule has 1 saturated heterocycles. The normalized spacial score (nSPS) is 16.1. The van der Waals surface area contributed by atoms with E-state index in [-0.39, 0.29) is 23.5 Å². The molecule has 7 nitrogen and oxygen atoms in total. The number of anilines is 2. The van der Waals surface area contributed by atoms with Gasteiger partial charge < -0.3 is 10.6 Å². The fourth-order valence-electron chi connectivity index (χ4n) is 2.98. The van der Waals surface area contributed by atoms with Gasteiger partial charge in [0.2, 0.25) is 21.8 Å². The first-order valence-corrected chi connectivity index (χ1v) is 11.1. The number of nitrogens with one attached hydrogen (secondary N) is 2. The van der Waals surface area contributed by atoms with Gasteiger partial charge in [-0.25, -0.2) is 12.7 Å². The monoisotopic (exact) mass is 415 g/mol. The van der Waals surface area contributed by atoms with Crippen LogP contribution in [0.1, 0.15) is 39.5 Å². The van der Waals surface area contributed by atoms with Crippen LogP contribution in [0.3, 0.4) is 0 Å². The molecule has 0 saturated carbocycles. The summed E-state index contributed by atoms with van der Waals surface area (Å²) in [5, 5.41) is 5.75. The zero-order valence-electron chi connectivity index (χ0n) is 15.6. The topological polar surface area (TPSA) is 95.6 Å². The number of halogens is 1. The van der Waals surface area contributed by atoms with Crippen molar-refractivity contribution in [3.05, 3.63) is 23.2 Å². The molecule has 1 aliphatic heterocycles. The molecule has 1 aliphatic rings. The molecule has 2 N–H and O–H groups in total. The molecule has 9 heteroatoms. The molecule has 0 bridgehead atoms. The molecule has 0 aliphatic carbocycles. The molecule has 0 atom stereocenters. The third-order valence-electron chi connectivity index (χ3n) is 4.52. The summed E-state index contributed by atoms with van der Waals surface area (Å²) in [7, 11) is -3.23. The molecule has 2 rings (SSSR count). The first kappa shape index (κ1) is 21.7. The number of benzene rings is 1. The van der Waals surface area contributed by atoms with Crippen LogP contribution in [0.15, 0.2) is 18.2 Å². The van der Waals surface area contributed by atoms with Crippen molar-refractivity contribution in [1.29, 1.82) is 0 Å². The van der Waals surface area contributed by atoms with Gasteiger partial charge >= 0.3 is 0 Å². The molecule has 2 amide bonds. The quantitative estimate of drug-likeness (QED) is 0.715. The summed E-state index contributed by atoms with van der Waals surface area (Å²) in [5.41, 5.74) is 1.02. The summed E-state index contributed by atoms with van der Waals surface area (Å²) < 4.78 is 26.0. The first-order valence-electron chi connectivity index (χ1n) is 9.08. The highest BCUT2D eigenvalue weighted by molar-refractivity contribution is 7.89. The summed E-state index contributed by atoms with van der Waals surface area (Å²) in [6.07, 6.45) is 2.45. The molecular weight excluding hydrogens is 390 g/mol. The molecule has 1 heterocycles. The van der Waals surface area contributed by atoms with Crippen LogP contribution in [0.25, 0.3) is 0 Å². The second-order valence-electron chi connectivity index (χ2n) is 6.71. The fourth-order valence-corrected chi connectivity index (χ4v) is 4.89. The lowest BCUT2D eigenvalue weighted by Gasteiger charge is -2.30. The fraction of sp³-hybridized carbons (Fsp3) is 0.556. The van der Waals surface area contributed by atoms with Crippen LogP contribution in [0.2, 0.25) is 5.02 Å². The van der Waals surface area contributed by atoms with E-state index in [1.165, 1.54) is 11.2 Å². The van der Waals surface area contributed by atoms with Gasteiger partial charge in [0, 0.05) is 31.6 Å². The Morgan fingerprint density at radius 2 is 1.89 bits per heavy atom. The van der Waals surface area contributed by atoms with Crippen LogP contribution >= 0.6 is 11.6 Å². The van der Waals surface area contributed by atoms with Gasteiger partial charge in [-0.3, -0.25) is 9.59 Å². The van der Waals surface area contributed by atoms with Gasteiger partial charge in [0.1, 0.15) is 0 Å². The van der Waals surface area contributed by atoms with E-state index < -0.39 is 10.0 Å². The Hall–Kier alpha value is -1.64. The summed E-state index contributed by atoms with van der Waals surface area (Å²) in [4.78, 5) is 23.6. The van der Waals surface area contributed by atoms with Gasteiger partial charge in [-0.15, -0.1) is 0 Å². The third-order valence-corrected chi connectivity index (χ3v) is 6.79. The van der Waals surface area contributed by atoms with Crippen molar-refractivity contribution in [2.75, 3.05) is 29.5 Å². The van der Waals surface area contributed by atoms with Gasteiger partial charge in [-0.05, 0) is 37.5 Å². The second-order valence-corrected chi connectivity index (χ2v) is 9.20. The number of piperidine rings is 1. The summed E-state index contributed by atoms with van der Waals surface area (Å²) in [5.74, 6) is -0.469. The van der Waals surface area contributed by atoms with Gasteiger partial charge in [0.15, 0.2) is 0 Å². The highest BCUT2D eigenvalue weighted by Crippen LogP contribution is 2.28. The van der Waals surface area contributed by atoms with Gasteiger partial charge in [-0.2, -0.15) is 0 Å². The zero-order valence-corrected chi connectivity index (χ0v) is 17.2. The molecule has 0 aromatic heterocycles. The van der Waals surface area contributed by atoms with E-state index in [2.05, 4.69) is 10.6 Å². The number of sulfonamides is 1. The molecular formula is C18H26ClN3O4S. The average molecular weight is 416 g/mol. The first-order chi connectivity index (χ1) is 12.7. The Morgan fingerprint density at radius 1 is 1.22 bits per heavy atom. The molecule has 1 aromatic carbocycles. The zero-order chi connectivity index (χ0) is 20.0.